The Kier molecular flexibility index (Phi) is 5.78. The molecule has 80 valence electrons. The number of carboxylic acids is 1. The first kappa shape index (κ1) is 14.5. The molecule has 1 saturated heterocycles. The summed E-state index contributed by atoms with van der Waals surface area (Å²) in [5.41, 5.74) is 0. The molecule has 0 unspecified atom stereocenters. The zero-order chi connectivity index (χ0) is 10.2. The van der Waals surface area contributed by atoms with Gasteiger partial charge in [0, 0.05) is 0 Å². The number of aliphatic hydroxyl groups is 4. The van der Waals surface area contributed by atoms with Crippen molar-refractivity contribution < 1.29 is 35.1 Å². The second-order valence-electron chi connectivity index (χ2n) is 2.76. The Bertz CT molecular complexity index is 210. The average Bonchev–Trinajstić information content (AvgIpc) is 2.07. The summed E-state index contributed by atoms with van der Waals surface area (Å²) in [5, 5.41) is 44.4. The molecular weight excluding hydrogens is 224 g/mol. The van der Waals surface area contributed by atoms with Crippen LogP contribution in [0.4, 0.5) is 0 Å². The monoisotopic (exact) mass is 236 g/mol. The van der Waals surface area contributed by atoms with Crippen molar-refractivity contribution in [1.29, 1.82) is 0 Å². The molecule has 0 aromatic rings. The number of carbonyl (C=O) groups is 1. The molecule has 0 aromatic heterocycles. The fourth-order valence-electron chi connectivity index (χ4n) is 1.07. The molecule has 1 heterocycles. The van der Waals surface area contributed by atoms with E-state index in [4.69, 9.17) is 25.5 Å². The van der Waals surface area contributed by atoms with Gasteiger partial charge in [0.05, 0.1) is 0 Å². The van der Waals surface area contributed by atoms with Crippen LogP contribution in [0.5, 0.6) is 0 Å². The Morgan fingerprint density at radius 3 is 1.93 bits per heavy atom. The molecule has 5 N–H and O–H groups in total. The standard InChI is InChI=1S/C6H10O7.Ca.2H/c7-1-2(8)4(5(10)11)13-6(12)3(1)9;;;/h1-4,6-9,12H,(H,10,11);;;/t1-,2-,3+,4-,6+;;;/m0.../s1. The quantitative estimate of drug-likeness (QED) is 0.293. The Hall–Kier alpha value is 0.530. The van der Waals surface area contributed by atoms with Gasteiger partial charge >= 0.3 is 43.7 Å². The summed E-state index contributed by atoms with van der Waals surface area (Å²) in [6, 6.07) is 0. The zero-order valence-corrected chi connectivity index (χ0v) is 6.44. The Morgan fingerprint density at radius 2 is 1.50 bits per heavy atom. The van der Waals surface area contributed by atoms with Gasteiger partial charge in [-0.3, -0.25) is 0 Å². The van der Waals surface area contributed by atoms with Crippen molar-refractivity contribution in [3.63, 3.8) is 0 Å². The molecule has 0 radical (unpaired) electrons. The van der Waals surface area contributed by atoms with Gasteiger partial charge in [-0.05, 0) is 0 Å². The zero-order valence-electron chi connectivity index (χ0n) is 6.44. The molecule has 8 heteroatoms. The summed E-state index contributed by atoms with van der Waals surface area (Å²) < 4.78 is 4.34. The molecule has 0 aromatic carbocycles. The molecule has 1 aliphatic rings. The number of hydrogen-bond donors (Lipinski definition) is 5. The number of aliphatic hydroxyl groups excluding tert-OH is 4. The van der Waals surface area contributed by atoms with E-state index in [1.54, 1.807) is 0 Å². The molecule has 1 rings (SSSR count). The van der Waals surface area contributed by atoms with Crippen molar-refractivity contribution in [2.24, 2.45) is 0 Å². The van der Waals surface area contributed by atoms with Gasteiger partial charge in [0.1, 0.15) is 18.3 Å². The third-order valence-corrected chi connectivity index (χ3v) is 1.83. The van der Waals surface area contributed by atoms with Gasteiger partial charge in [-0.25, -0.2) is 4.79 Å². The number of aliphatic carboxylic acids is 1. The van der Waals surface area contributed by atoms with Crippen molar-refractivity contribution in [2.75, 3.05) is 0 Å². The number of rotatable bonds is 1. The first-order valence-electron chi connectivity index (χ1n) is 3.55. The van der Waals surface area contributed by atoms with E-state index in [2.05, 4.69) is 4.74 Å². The molecule has 5 atom stereocenters. The number of carboxylic acid groups (broad SMARTS) is 1. The number of ether oxygens (including phenoxy) is 1. The summed E-state index contributed by atoms with van der Waals surface area (Å²) in [4.78, 5) is 10.4. The SMILES string of the molecule is O=C(O)[C@H]1O[C@@H](O)[C@H](O)[C@@H](O)[C@@H]1O.[CaH2]. The van der Waals surface area contributed by atoms with Gasteiger partial charge in [-0.15, -0.1) is 0 Å². The minimum atomic E-state index is -1.81. The van der Waals surface area contributed by atoms with Crippen molar-refractivity contribution in [1.82, 2.24) is 0 Å². The van der Waals surface area contributed by atoms with Crippen LogP contribution >= 0.6 is 0 Å². The van der Waals surface area contributed by atoms with Gasteiger partial charge in [-0.1, -0.05) is 0 Å². The first-order chi connectivity index (χ1) is 5.95. The fraction of sp³-hybridized carbons (Fsp3) is 0.833. The number of hydrogen-bond acceptors (Lipinski definition) is 6. The van der Waals surface area contributed by atoms with E-state index < -0.39 is 36.7 Å². The van der Waals surface area contributed by atoms with Gasteiger partial charge < -0.3 is 30.3 Å². The van der Waals surface area contributed by atoms with E-state index in [0.29, 0.717) is 0 Å². The summed E-state index contributed by atoms with van der Waals surface area (Å²) in [6.07, 6.45) is -8.72. The van der Waals surface area contributed by atoms with Gasteiger partial charge in [0.25, 0.3) is 0 Å². The summed E-state index contributed by atoms with van der Waals surface area (Å²) in [7, 11) is 0. The third-order valence-electron chi connectivity index (χ3n) is 1.83. The van der Waals surface area contributed by atoms with Crippen LogP contribution in [0.25, 0.3) is 0 Å². The average molecular weight is 236 g/mol. The van der Waals surface area contributed by atoms with Crippen molar-refractivity contribution in [2.45, 2.75) is 30.7 Å². The van der Waals surface area contributed by atoms with Crippen LogP contribution in [0.15, 0.2) is 0 Å². The van der Waals surface area contributed by atoms with E-state index in [-0.39, 0.29) is 37.7 Å². The van der Waals surface area contributed by atoms with Crippen LogP contribution < -0.4 is 0 Å². The normalized spacial score (nSPS) is 42.7. The molecule has 0 amide bonds. The topological polar surface area (TPSA) is 127 Å². The minimum absolute atomic E-state index is 0. The molecule has 0 bridgehead atoms. The predicted octanol–water partition coefficient (Wildman–Crippen LogP) is -4.05. The van der Waals surface area contributed by atoms with Crippen LogP contribution in [0.3, 0.4) is 0 Å². The molecule has 0 spiro atoms. The Labute approximate surface area is 109 Å². The van der Waals surface area contributed by atoms with E-state index in [0.717, 1.165) is 0 Å². The molecule has 0 saturated carbocycles. The molecule has 1 aliphatic heterocycles. The fourth-order valence-corrected chi connectivity index (χ4v) is 1.07. The predicted molar refractivity (Wildman–Crippen MR) is 45.1 cm³/mol. The maximum atomic E-state index is 10.4. The van der Waals surface area contributed by atoms with Crippen molar-refractivity contribution in [3.05, 3.63) is 0 Å². The Morgan fingerprint density at radius 1 is 1.00 bits per heavy atom. The van der Waals surface area contributed by atoms with Crippen LogP contribution in [-0.2, 0) is 9.53 Å². The van der Waals surface area contributed by atoms with Crippen LogP contribution in [0, 0.1) is 0 Å². The van der Waals surface area contributed by atoms with Crippen LogP contribution in [-0.4, -0.2) is 99.9 Å². The van der Waals surface area contributed by atoms with E-state index in [1.807, 2.05) is 0 Å². The van der Waals surface area contributed by atoms with Gasteiger partial charge in [0.2, 0.25) is 0 Å². The third kappa shape index (κ3) is 2.77. The molecular formula is C6H12CaO7. The second kappa shape index (κ2) is 5.57. The van der Waals surface area contributed by atoms with Gasteiger partial charge in [0.15, 0.2) is 12.4 Å². The molecule has 7 nitrogen and oxygen atoms in total. The van der Waals surface area contributed by atoms with Crippen LogP contribution in [0.2, 0.25) is 0 Å². The van der Waals surface area contributed by atoms with E-state index in [1.165, 1.54) is 0 Å². The molecule has 1 fully saturated rings. The van der Waals surface area contributed by atoms with Crippen LogP contribution in [0.1, 0.15) is 0 Å². The first-order valence-corrected chi connectivity index (χ1v) is 3.55. The van der Waals surface area contributed by atoms with Crippen molar-refractivity contribution in [3.8, 4) is 0 Å². The summed E-state index contributed by atoms with van der Waals surface area (Å²) in [5.74, 6) is -1.52. The molecule has 0 aliphatic carbocycles. The van der Waals surface area contributed by atoms with Gasteiger partial charge in [-0.2, -0.15) is 0 Å². The molecule has 14 heavy (non-hydrogen) atoms. The summed E-state index contributed by atoms with van der Waals surface area (Å²) >= 11 is 0. The van der Waals surface area contributed by atoms with Crippen molar-refractivity contribution >= 4 is 43.7 Å². The van der Waals surface area contributed by atoms with E-state index in [9.17, 15) is 4.79 Å². The van der Waals surface area contributed by atoms with E-state index >= 15 is 0 Å². The maximum absolute atomic E-state index is 10.4. The Balaban J connectivity index is 0.00000169. The second-order valence-corrected chi connectivity index (χ2v) is 2.76. The summed E-state index contributed by atoms with van der Waals surface area (Å²) in [6.45, 7) is 0.